The molecule has 0 N–H and O–H groups in total. The fourth-order valence-corrected chi connectivity index (χ4v) is 4.38. The first kappa shape index (κ1) is 16.1. The van der Waals surface area contributed by atoms with Crippen LogP contribution in [0.15, 0.2) is 47.4 Å². The van der Waals surface area contributed by atoms with Gasteiger partial charge < -0.3 is 0 Å². The van der Waals surface area contributed by atoms with Crippen LogP contribution < -0.4 is 9.21 Å². The summed E-state index contributed by atoms with van der Waals surface area (Å²) in [5.41, 5.74) is 2.21. The van der Waals surface area contributed by atoms with Gasteiger partial charge in [0.2, 0.25) is 0 Å². The summed E-state index contributed by atoms with van der Waals surface area (Å²) in [4.78, 5) is 14.3. The van der Waals surface area contributed by atoms with Crippen LogP contribution in [0.5, 0.6) is 0 Å². The van der Waals surface area contributed by atoms with E-state index in [1.165, 1.54) is 11.0 Å². The Morgan fingerprint density at radius 3 is 2.50 bits per heavy atom. The molecule has 0 fully saturated rings. The maximum atomic E-state index is 13.1. The first-order valence-corrected chi connectivity index (χ1v) is 8.78. The van der Waals surface area contributed by atoms with Gasteiger partial charge in [0.05, 0.1) is 17.9 Å². The van der Waals surface area contributed by atoms with Crippen LogP contribution in [-0.2, 0) is 10.0 Å². The number of nitrogens with zero attached hydrogens (tertiary/aromatic N) is 2. The molecule has 6 heteroatoms. The molecule has 122 valence electrons. The lowest BCUT2D eigenvalue weighted by atomic mass is 10.1. The number of benzene rings is 2. The molecule has 0 unspecified atom stereocenters. The summed E-state index contributed by atoms with van der Waals surface area (Å²) in [5.74, 6) is 2.42. The number of aryl methyl sites for hydroxylation is 2. The third-order valence-corrected chi connectivity index (χ3v) is 5.65. The molecular weight excluding hydrogens is 324 g/mol. The Morgan fingerprint density at radius 1 is 1.08 bits per heavy atom. The van der Waals surface area contributed by atoms with Gasteiger partial charge in [0.1, 0.15) is 4.90 Å². The molecule has 0 spiro atoms. The molecule has 1 heterocycles. The number of sulfonamides is 1. The highest BCUT2D eigenvalue weighted by atomic mass is 32.2. The standard InChI is InChI=1S/C18H16N2O3S/c1-4-11-19-15-7-5-6-8-17(15)24(22,23)20(18(19)21)16-12-13(2)9-10-14(16)3/h1,5-10,12H,11H2,2-3H3. The van der Waals surface area contributed by atoms with Gasteiger partial charge in [-0.3, -0.25) is 4.90 Å². The van der Waals surface area contributed by atoms with Gasteiger partial charge in [-0.1, -0.05) is 30.2 Å². The molecule has 1 aliphatic heterocycles. The Hall–Kier alpha value is -2.78. The summed E-state index contributed by atoms with van der Waals surface area (Å²) in [6.45, 7) is 3.60. The molecule has 24 heavy (non-hydrogen) atoms. The highest BCUT2D eigenvalue weighted by Crippen LogP contribution is 2.38. The van der Waals surface area contributed by atoms with Crippen LogP contribution in [0.3, 0.4) is 0 Å². The van der Waals surface area contributed by atoms with Crippen molar-refractivity contribution >= 4 is 27.4 Å². The number of amides is 2. The van der Waals surface area contributed by atoms with Crippen LogP contribution in [0.25, 0.3) is 0 Å². The number of fused-ring (bicyclic) bond motifs is 1. The summed E-state index contributed by atoms with van der Waals surface area (Å²) in [5, 5.41) is 0. The zero-order chi connectivity index (χ0) is 17.5. The van der Waals surface area contributed by atoms with Crippen molar-refractivity contribution in [1.82, 2.24) is 0 Å². The Morgan fingerprint density at radius 2 is 1.79 bits per heavy atom. The van der Waals surface area contributed by atoms with Crippen LogP contribution in [0, 0.1) is 26.2 Å². The number of para-hydroxylation sites is 1. The lowest BCUT2D eigenvalue weighted by Gasteiger charge is -2.36. The van der Waals surface area contributed by atoms with Crippen molar-refractivity contribution in [2.45, 2.75) is 18.7 Å². The van der Waals surface area contributed by atoms with E-state index < -0.39 is 16.1 Å². The molecule has 3 rings (SSSR count). The van der Waals surface area contributed by atoms with Crippen molar-refractivity contribution < 1.29 is 13.2 Å². The Bertz CT molecular complexity index is 974. The van der Waals surface area contributed by atoms with Gasteiger partial charge in [-0.05, 0) is 43.2 Å². The van der Waals surface area contributed by atoms with E-state index in [-0.39, 0.29) is 11.4 Å². The monoisotopic (exact) mass is 340 g/mol. The minimum absolute atomic E-state index is 0.00721. The predicted octanol–water partition coefficient (Wildman–Crippen LogP) is 3.07. The molecular formula is C18H16N2O3S. The van der Waals surface area contributed by atoms with Crippen LogP contribution in [0.1, 0.15) is 11.1 Å². The average molecular weight is 340 g/mol. The third kappa shape index (κ3) is 2.34. The number of carbonyl (C=O) groups is 1. The van der Waals surface area contributed by atoms with Gasteiger partial charge in [-0.2, -0.15) is 4.31 Å². The molecule has 2 aromatic rings. The summed E-state index contributed by atoms with van der Waals surface area (Å²) in [6, 6.07) is 11.1. The smallest absolute Gasteiger partial charge is 0.280 e. The molecule has 5 nitrogen and oxygen atoms in total. The third-order valence-electron chi connectivity index (χ3n) is 3.91. The van der Waals surface area contributed by atoms with E-state index in [9.17, 15) is 13.2 Å². The number of urea groups is 1. The van der Waals surface area contributed by atoms with E-state index >= 15 is 0 Å². The van der Waals surface area contributed by atoms with Gasteiger partial charge in [-0.15, -0.1) is 6.42 Å². The van der Waals surface area contributed by atoms with Gasteiger partial charge in [0.25, 0.3) is 10.0 Å². The average Bonchev–Trinajstić information content (AvgIpc) is 2.55. The van der Waals surface area contributed by atoms with E-state index in [0.29, 0.717) is 16.9 Å². The fourth-order valence-electron chi connectivity index (χ4n) is 2.73. The first-order valence-electron chi connectivity index (χ1n) is 7.34. The molecule has 1 aliphatic rings. The van der Waals surface area contributed by atoms with Gasteiger partial charge in [0.15, 0.2) is 0 Å². The van der Waals surface area contributed by atoms with E-state index in [1.54, 1.807) is 37.3 Å². The second-order valence-electron chi connectivity index (χ2n) is 5.60. The van der Waals surface area contributed by atoms with E-state index in [4.69, 9.17) is 6.42 Å². The molecule has 0 aromatic heterocycles. The summed E-state index contributed by atoms with van der Waals surface area (Å²) >= 11 is 0. The summed E-state index contributed by atoms with van der Waals surface area (Å²) in [6.07, 6.45) is 5.37. The van der Waals surface area contributed by atoms with Crippen molar-refractivity contribution in [2.24, 2.45) is 0 Å². The van der Waals surface area contributed by atoms with Crippen LogP contribution in [0.2, 0.25) is 0 Å². The van der Waals surface area contributed by atoms with Gasteiger partial charge >= 0.3 is 6.03 Å². The number of hydrogen-bond donors (Lipinski definition) is 0. The minimum Gasteiger partial charge on any atom is -0.280 e. The highest BCUT2D eigenvalue weighted by molar-refractivity contribution is 7.94. The Balaban J connectivity index is 2.30. The van der Waals surface area contributed by atoms with Crippen LogP contribution in [-0.4, -0.2) is 21.0 Å². The van der Waals surface area contributed by atoms with E-state index in [1.807, 2.05) is 13.0 Å². The SMILES string of the molecule is C#CCN1C(=O)N(c2cc(C)ccc2C)S(=O)(=O)c2ccccc21. The zero-order valence-corrected chi connectivity index (χ0v) is 14.2. The number of anilines is 2. The second-order valence-corrected chi connectivity index (χ2v) is 7.36. The summed E-state index contributed by atoms with van der Waals surface area (Å²) in [7, 11) is -4.00. The normalized spacial score (nSPS) is 15.8. The minimum atomic E-state index is -4.00. The van der Waals surface area contributed by atoms with Crippen molar-refractivity contribution in [3.05, 3.63) is 53.6 Å². The zero-order valence-electron chi connectivity index (χ0n) is 13.4. The van der Waals surface area contributed by atoms with Crippen molar-refractivity contribution in [3.8, 4) is 12.3 Å². The lowest BCUT2D eigenvalue weighted by Crippen LogP contribution is -2.51. The van der Waals surface area contributed by atoms with E-state index in [2.05, 4.69) is 5.92 Å². The number of rotatable bonds is 2. The van der Waals surface area contributed by atoms with Crippen molar-refractivity contribution in [1.29, 1.82) is 0 Å². The van der Waals surface area contributed by atoms with E-state index in [0.717, 1.165) is 9.87 Å². The summed E-state index contributed by atoms with van der Waals surface area (Å²) < 4.78 is 27.0. The van der Waals surface area contributed by atoms with Crippen LogP contribution >= 0.6 is 0 Å². The lowest BCUT2D eigenvalue weighted by molar-refractivity contribution is 0.254. The molecule has 0 aliphatic carbocycles. The quantitative estimate of drug-likeness (QED) is 0.790. The predicted molar refractivity (Wildman–Crippen MR) is 93.6 cm³/mol. The van der Waals surface area contributed by atoms with Gasteiger partial charge in [0, 0.05) is 0 Å². The van der Waals surface area contributed by atoms with Gasteiger partial charge in [-0.25, -0.2) is 13.2 Å². The molecule has 0 radical (unpaired) electrons. The first-order chi connectivity index (χ1) is 11.4. The van der Waals surface area contributed by atoms with Crippen LogP contribution in [0.4, 0.5) is 16.2 Å². The maximum absolute atomic E-state index is 13.1. The van der Waals surface area contributed by atoms with Crippen molar-refractivity contribution in [2.75, 3.05) is 15.7 Å². The fraction of sp³-hybridized carbons (Fsp3) is 0.167. The largest absolute Gasteiger partial charge is 0.344 e. The number of carbonyl (C=O) groups excluding carboxylic acids is 1. The Kier molecular flexibility index (Phi) is 3.82. The molecule has 0 saturated heterocycles. The molecule has 0 saturated carbocycles. The molecule has 0 bridgehead atoms. The van der Waals surface area contributed by atoms with Crippen molar-refractivity contribution in [3.63, 3.8) is 0 Å². The molecule has 0 atom stereocenters. The Labute approximate surface area is 141 Å². The second kappa shape index (κ2) is 5.69. The maximum Gasteiger partial charge on any atom is 0.344 e. The molecule has 2 amide bonds. The number of terminal acetylenes is 1. The molecule has 2 aromatic carbocycles. The highest BCUT2D eigenvalue weighted by Gasteiger charge is 2.42. The number of hydrogen-bond acceptors (Lipinski definition) is 3. The topological polar surface area (TPSA) is 57.7 Å².